The molecule has 1 aliphatic carbocycles. The molecular weight excluding hydrogens is 238 g/mol. The summed E-state index contributed by atoms with van der Waals surface area (Å²) in [4.78, 5) is 11.8. The van der Waals surface area contributed by atoms with E-state index in [1.807, 2.05) is 6.92 Å². The van der Waals surface area contributed by atoms with Crippen LogP contribution in [0.5, 0.6) is 0 Å². The summed E-state index contributed by atoms with van der Waals surface area (Å²) >= 11 is 6.12. The fraction of sp³-hybridized carbons (Fsp3) is 0.667. The van der Waals surface area contributed by atoms with Crippen LogP contribution in [0.1, 0.15) is 41.7 Å². The van der Waals surface area contributed by atoms with Gasteiger partial charge in [-0.1, -0.05) is 6.42 Å². The highest BCUT2D eigenvalue weighted by molar-refractivity contribution is 6.20. The summed E-state index contributed by atoms with van der Waals surface area (Å²) < 4.78 is 0. The number of aromatic nitrogens is 2. The van der Waals surface area contributed by atoms with E-state index in [1.165, 1.54) is 6.42 Å². The molecule has 0 radical (unpaired) electrons. The van der Waals surface area contributed by atoms with Crippen molar-refractivity contribution in [2.24, 2.45) is 5.92 Å². The Bertz CT molecular complexity index is 391. The minimum Gasteiger partial charge on any atom is -0.352 e. The summed E-state index contributed by atoms with van der Waals surface area (Å²) in [5.41, 5.74) is 1.43. The molecule has 2 atom stereocenters. The fourth-order valence-corrected chi connectivity index (χ4v) is 2.73. The van der Waals surface area contributed by atoms with Gasteiger partial charge < -0.3 is 5.32 Å². The van der Waals surface area contributed by atoms with E-state index < -0.39 is 0 Å². The van der Waals surface area contributed by atoms with Crippen LogP contribution in [-0.2, 0) is 0 Å². The number of nitrogens with one attached hydrogen (secondary N) is 2. The molecule has 2 N–H and O–H groups in total. The van der Waals surface area contributed by atoms with Gasteiger partial charge in [0, 0.05) is 17.6 Å². The number of hydrogen-bond acceptors (Lipinski definition) is 2. The number of H-pyrrole nitrogens is 1. The molecule has 1 saturated carbocycles. The van der Waals surface area contributed by atoms with Gasteiger partial charge in [0.2, 0.25) is 0 Å². The van der Waals surface area contributed by atoms with E-state index in [0.717, 1.165) is 25.0 Å². The van der Waals surface area contributed by atoms with Crippen molar-refractivity contribution in [3.05, 3.63) is 17.5 Å². The van der Waals surface area contributed by atoms with Gasteiger partial charge in [0.15, 0.2) is 0 Å². The summed E-state index contributed by atoms with van der Waals surface area (Å²) in [5, 5.41) is 9.84. The predicted molar refractivity (Wildman–Crippen MR) is 67.3 cm³/mol. The second kappa shape index (κ2) is 5.54. The second-order valence-electron chi connectivity index (χ2n) is 4.75. The lowest BCUT2D eigenvalue weighted by molar-refractivity contribution is 0.0943. The Hall–Kier alpha value is -1.03. The number of aromatic amines is 1. The first-order valence-corrected chi connectivity index (χ1v) is 6.52. The Morgan fingerprint density at radius 2 is 2.47 bits per heavy atom. The van der Waals surface area contributed by atoms with Crippen LogP contribution >= 0.6 is 11.6 Å². The number of aryl methyl sites for hydroxylation is 1. The summed E-state index contributed by atoms with van der Waals surface area (Å²) in [6, 6.07) is 0. The summed E-state index contributed by atoms with van der Waals surface area (Å²) in [6.07, 6.45) is 6.00. The fourth-order valence-electron chi connectivity index (χ4n) is 2.32. The van der Waals surface area contributed by atoms with Gasteiger partial charge in [0.25, 0.3) is 5.91 Å². The summed E-state index contributed by atoms with van der Waals surface area (Å²) in [7, 11) is 0. The monoisotopic (exact) mass is 255 g/mol. The molecule has 0 bridgehead atoms. The van der Waals surface area contributed by atoms with E-state index in [1.54, 1.807) is 6.20 Å². The summed E-state index contributed by atoms with van der Waals surface area (Å²) in [6.45, 7) is 2.56. The number of hydrogen-bond donors (Lipinski definition) is 2. The Morgan fingerprint density at radius 1 is 1.65 bits per heavy atom. The molecule has 0 aromatic carbocycles. The normalized spacial score (nSPS) is 24.6. The molecule has 4 nitrogen and oxygen atoms in total. The summed E-state index contributed by atoms with van der Waals surface area (Å²) in [5.74, 6) is 0.468. The van der Waals surface area contributed by atoms with Crippen molar-refractivity contribution in [1.29, 1.82) is 0 Å². The maximum Gasteiger partial charge on any atom is 0.254 e. The van der Waals surface area contributed by atoms with Crippen molar-refractivity contribution < 1.29 is 4.79 Å². The predicted octanol–water partition coefficient (Wildman–Crippen LogP) is 2.25. The van der Waals surface area contributed by atoms with Crippen molar-refractivity contribution in [2.45, 2.75) is 38.0 Å². The quantitative estimate of drug-likeness (QED) is 0.814. The highest BCUT2D eigenvalue weighted by atomic mass is 35.5. The van der Waals surface area contributed by atoms with E-state index in [2.05, 4.69) is 15.5 Å². The molecule has 0 spiro atoms. The third-order valence-corrected chi connectivity index (χ3v) is 3.74. The average molecular weight is 256 g/mol. The van der Waals surface area contributed by atoms with Gasteiger partial charge >= 0.3 is 0 Å². The first kappa shape index (κ1) is 12.4. The van der Waals surface area contributed by atoms with Crippen molar-refractivity contribution >= 4 is 17.5 Å². The van der Waals surface area contributed by atoms with Gasteiger partial charge in [-0.15, -0.1) is 11.6 Å². The minimum atomic E-state index is -0.0482. The van der Waals surface area contributed by atoms with Crippen molar-refractivity contribution in [3.63, 3.8) is 0 Å². The van der Waals surface area contributed by atoms with Gasteiger partial charge in [0.05, 0.1) is 11.8 Å². The van der Waals surface area contributed by atoms with Crippen LogP contribution < -0.4 is 5.32 Å². The number of amides is 1. The molecule has 94 valence electrons. The molecular formula is C12H18ClN3O. The standard InChI is InChI=1S/C12H18ClN3O/c1-8-11(7-15-16-8)12(17)14-6-9-3-2-4-10(13)5-9/h7,9-10H,2-6H2,1H3,(H,14,17)(H,15,16). The molecule has 0 aliphatic heterocycles. The molecule has 1 fully saturated rings. The number of carbonyl (C=O) groups excluding carboxylic acids is 1. The van der Waals surface area contributed by atoms with Crippen LogP contribution in [0.2, 0.25) is 0 Å². The zero-order chi connectivity index (χ0) is 12.3. The maximum atomic E-state index is 11.8. The zero-order valence-electron chi connectivity index (χ0n) is 10.0. The van der Waals surface area contributed by atoms with Crippen molar-refractivity contribution in [3.8, 4) is 0 Å². The molecule has 0 saturated heterocycles. The molecule has 1 aromatic heterocycles. The van der Waals surface area contributed by atoms with Crippen LogP contribution in [0.25, 0.3) is 0 Å². The topological polar surface area (TPSA) is 57.8 Å². The first-order chi connectivity index (χ1) is 8.16. The van der Waals surface area contributed by atoms with Gasteiger partial charge in [-0.25, -0.2) is 0 Å². The number of nitrogens with zero attached hydrogens (tertiary/aromatic N) is 1. The first-order valence-electron chi connectivity index (χ1n) is 6.09. The largest absolute Gasteiger partial charge is 0.352 e. The Labute approximate surface area is 106 Å². The average Bonchev–Trinajstić information content (AvgIpc) is 2.72. The van der Waals surface area contributed by atoms with Gasteiger partial charge in [-0.05, 0) is 32.1 Å². The van der Waals surface area contributed by atoms with E-state index in [4.69, 9.17) is 11.6 Å². The SMILES string of the molecule is Cc1[nH]ncc1C(=O)NCC1CCCC(Cl)C1. The minimum absolute atomic E-state index is 0.0482. The Kier molecular flexibility index (Phi) is 4.05. The van der Waals surface area contributed by atoms with Crippen LogP contribution in [0.15, 0.2) is 6.20 Å². The van der Waals surface area contributed by atoms with Crippen molar-refractivity contribution in [1.82, 2.24) is 15.5 Å². The second-order valence-corrected chi connectivity index (χ2v) is 5.37. The van der Waals surface area contributed by atoms with Crippen LogP contribution in [0.4, 0.5) is 0 Å². The van der Waals surface area contributed by atoms with Crippen LogP contribution in [0.3, 0.4) is 0 Å². The molecule has 1 aliphatic rings. The number of alkyl halides is 1. The van der Waals surface area contributed by atoms with E-state index in [-0.39, 0.29) is 11.3 Å². The molecule has 2 unspecified atom stereocenters. The zero-order valence-corrected chi connectivity index (χ0v) is 10.8. The van der Waals surface area contributed by atoms with Gasteiger partial charge in [0.1, 0.15) is 0 Å². The van der Waals surface area contributed by atoms with Gasteiger partial charge in [-0.2, -0.15) is 5.10 Å². The lowest BCUT2D eigenvalue weighted by atomic mass is 9.89. The highest BCUT2D eigenvalue weighted by Gasteiger charge is 2.21. The van der Waals surface area contributed by atoms with Crippen molar-refractivity contribution in [2.75, 3.05) is 6.54 Å². The molecule has 1 aromatic rings. The Balaban J connectivity index is 1.82. The maximum absolute atomic E-state index is 11.8. The molecule has 1 heterocycles. The number of halogens is 1. The van der Waals surface area contributed by atoms with E-state index in [0.29, 0.717) is 18.0 Å². The van der Waals surface area contributed by atoms with E-state index >= 15 is 0 Å². The third-order valence-electron chi connectivity index (χ3n) is 3.34. The Morgan fingerprint density at radius 3 is 3.12 bits per heavy atom. The lowest BCUT2D eigenvalue weighted by Gasteiger charge is -2.25. The highest BCUT2D eigenvalue weighted by Crippen LogP contribution is 2.27. The lowest BCUT2D eigenvalue weighted by Crippen LogP contribution is -2.32. The third kappa shape index (κ3) is 3.22. The number of rotatable bonds is 3. The van der Waals surface area contributed by atoms with Crippen LogP contribution in [0, 0.1) is 12.8 Å². The molecule has 2 rings (SSSR count). The van der Waals surface area contributed by atoms with Crippen LogP contribution in [-0.4, -0.2) is 28.0 Å². The van der Waals surface area contributed by atoms with E-state index in [9.17, 15) is 4.79 Å². The molecule has 17 heavy (non-hydrogen) atoms. The van der Waals surface area contributed by atoms with Gasteiger partial charge in [-0.3, -0.25) is 9.89 Å². The number of carbonyl (C=O) groups is 1. The molecule has 1 amide bonds. The molecule has 5 heteroatoms. The smallest absolute Gasteiger partial charge is 0.254 e.